The third-order valence-corrected chi connectivity index (χ3v) is 5.49. The molecule has 4 aromatic heterocycles. The maximum atomic E-state index is 5.56. The fourth-order valence-electron chi connectivity index (χ4n) is 3.22. The molecule has 5 heterocycles. The van der Waals surface area contributed by atoms with Crippen LogP contribution in [0.2, 0.25) is 0 Å². The van der Waals surface area contributed by atoms with Crippen molar-refractivity contribution in [3.63, 3.8) is 0 Å². The van der Waals surface area contributed by atoms with Gasteiger partial charge >= 0.3 is 0 Å². The summed E-state index contributed by atoms with van der Waals surface area (Å²) in [6.45, 7) is 2.58. The minimum Gasteiger partial charge on any atom is -0.467 e. The molecular weight excluding hydrogens is 376 g/mol. The van der Waals surface area contributed by atoms with E-state index in [0.29, 0.717) is 6.54 Å². The second-order valence-corrected chi connectivity index (χ2v) is 7.42. The Balaban J connectivity index is 1.47. The number of hydrogen-bond acceptors (Lipinski definition) is 8. The summed E-state index contributed by atoms with van der Waals surface area (Å²) in [5.74, 6) is 2.50. The predicted octanol–water partition coefficient (Wildman–Crippen LogP) is 2.65. The van der Waals surface area contributed by atoms with Crippen LogP contribution in [0, 0.1) is 0 Å². The number of nitrogens with zero attached hydrogens (tertiary/aromatic N) is 8. The number of furan rings is 1. The summed E-state index contributed by atoms with van der Waals surface area (Å²) >= 11 is 1.46. The van der Waals surface area contributed by atoms with Crippen LogP contribution in [0.15, 0.2) is 64.1 Å². The highest BCUT2D eigenvalue weighted by Gasteiger charge is 2.22. The van der Waals surface area contributed by atoms with Crippen molar-refractivity contribution in [1.82, 2.24) is 34.3 Å². The van der Waals surface area contributed by atoms with Crippen molar-refractivity contribution in [3.05, 3.63) is 55.3 Å². The Morgan fingerprint density at radius 2 is 2.07 bits per heavy atom. The van der Waals surface area contributed by atoms with E-state index in [1.165, 1.54) is 24.6 Å². The summed E-state index contributed by atoms with van der Waals surface area (Å²) in [5.41, 5.74) is 0. The molecule has 0 radical (unpaired) electrons. The molecule has 0 unspecified atom stereocenters. The summed E-state index contributed by atoms with van der Waals surface area (Å²) in [6, 6.07) is 5.77. The van der Waals surface area contributed by atoms with Gasteiger partial charge in [-0.3, -0.25) is 9.13 Å². The lowest BCUT2D eigenvalue weighted by Crippen LogP contribution is -2.22. The molecule has 0 bridgehead atoms. The van der Waals surface area contributed by atoms with E-state index in [1.807, 2.05) is 29.0 Å². The topological polar surface area (TPSA) is 90.7 Å². The minimum absolute atomic E-state index is 0.577. The Kier molecular flexibility index (Phi) is 4.53. The van der Waals surface area contributed by atoms with Crippen LogP contribution in [0.3, 0.4) is 0 Å². The number of rotatable bonds is 6. The lowest BCUT2D eigenvalue weighted by molar-refractivity contribution is 0.483. The van der Waals surface area contributed by atoms with Crippen LogP contribution in [0.4, 0.5) is 5.95 Å². The lowest BCUT2D eigenvalue weighted by atomic mass is 10.4. The highest BCUT2D eigenvalue weighted by molar-refractivity contribution is 7.99. The summed E-state index contributed by atoms with van der Waals surface area (Å²) in [4.78, 5) is 15.0. The molecule has 142 valence electrons. The van der Waals surface area contributed by atoms with E-state index in [1.54, 1.807) is 25.1 Å². The van der Waals surface area contributed by atoms with Crippen molar-refractivity contribution in [3.8, 4) is 5.82 Å². The normalized spacial score (nSPS) is 14.1. The fraction of sp³-hybridized carbons (Fsp3) is 0.278. The lowest BCUT2D eigenvalue weighted by Gasteiger charge is -2.17. The molecule has 0 atom stereocenters. The first-order chi connectivity index (χ1) is 13.9. The van der Waals surface area contributed by atoms with Gasteiger partial charge in [0, 0.05) is 31.5 Å². The molecule has 0 aliphatic carbocycles. The number of hydrogen-bond donors (Lipinski definition) is 0. The molecule has 1 fully saturated rings. The van der Waals surface area contributed by atoms with Gasteiger partial charge in [-0.25, -0.2) is 15.0 Å². The quantitative estimate of drug-likeness (QED) is 0.461. The van der Waals surface area contributed by atoms with Crippen molar-refractivity contribution in [2.45, 2.75) is 29.6 Å². The van der Waals surface area contributed by atoms with Gasteiger partial charge < -0.3 is 9.32 Å². The third-order valence-electron chi connectivity index (χ3n) is 4.57. The molecule has 10 heteroatoms. The van der Waals surface area contributed by atoms with E-state index >= 15 is 0 Å². The smallest absolute Gasteiger partial charge is 0.228 e. The molecule has 28 heavy (non-hydrogen) atoms. The maximum Gasteiger partial charge on any atom is 0.228 e. The van der Waals surface area contributed by atoms with E-state index in [0.717, 1.165) is 40.8 Å². The number of aromatic nitrogens is 7. The first kappa shape index (κ1) is 17.0. The van der Waals surface area contributed by atoms with Gasteiger partial charge in [-0.2, -0.15) is 0 Å². The van der Waals surface area contributed by atoms with Crippen LogP contribution >= 0.6 is 11.8 Å². The van der Waals surface area contributed by atoms with Crippen molar-refractivity contribution < 1.29 is 4.42 Å². The maximum absolute atomic E-state index is 5.56. The van der Waals surface area contributed by atoms with Crippen LogP contribution in [-0.4, -0.2) is 47.4 Å². The molecule has 1 aliphatic rings. The molecule has 0 amide bonds. The average molecular weight is 394 g/mol. The summed E-state index contributed by atoms with van der Waals surface area (Å²) in [7, 11) is 0. The Bertz CT molecular complexity index is 1040. The molecule has 1 aliphatic heterocycles. The molecule has 0 spiro atoms. The van der Waals surface area contributed by atoms with Crippen LogP contribution in [0.25, 0.3) is 5.82 Å². The highest BCUT2D eigenvalue weighted by Crippen LogP contribution is 2.30. The molecule has 0 saturated carbocycles. The molecular formula is C18H18N8OS. The second-order valence-electron chi connectivity index (χ2n) is 6.43. The van der Waals surface area contributed by atoms with E-state index in [-0.39, 0.29) is 0 Å². The van der Waals surface area contributed by atoms with Gasteiger partial charge in [0.2, 0.25) is 5.95 Å². The van der Waals surface area contributed by atoms with E-state index in [9.17, 15) is 0 Å². The highest BCUT2D eigenvalue weighted by atomic mass is 32.2. The van der Waals surface area contributed by atoms with Gasteiger partial charge in [-0.1, -0.05) is 0 Å². The predicted molar refractivity (Wildman–Crippen MR) is 103 cm³/mol. The Hall–Kier alpha value is -3.14. The van der Waals surface area contributed by atoms with Gasteiger partial charge in [0.1, 0.15) is 29.3 Å². The SMILES string of the molecule is c1coc(Cn2c(Sc3cc(-n4ccnc4)ncn3)nnc2N2CCCC2)c1. The average Bonchev–Trinajstić information content (AvgIpc) is 3.51. The van der Waals surface area contributed by atoms with E-state index < -0.39 is 0 Å². The van der Waals surface area contributed by atoms with Gasteiger partial charge in [0.05, 0.1) is 12.8 Å². The molecule has 1 saturated heterocycles. The van der Waals surface area contributed by atoms with E-state index in [4.69, 9.17) is 4.42 Å². The molecule has 9 nitrogen and oxygen atoms in total. The first-order valence-electron chi connectivity index (χ1n) is 9.05. The molecule has 0 N–H and O–H groups in total. The molecule has 5 rings (SSSR count). The Morgan fingerprint density at radius 1 is 1.14 bits per heavy atom. The third kappa shape index (κ3) is 3.38. The second kappa shape index (κ2) is 7.47. The van der Waals surface area contributed by atoms with Gasteiger partial charge in [0.25, 0.3) is 0 Å². The number of anilines is 1. The largest absolute Gasteiger partial charge is 0.467 e. The Morgan fingerprint density at radius 3 is 2.86 bits per heavy atom. The van der Waals surface area contributed by atoms with Crippen LogP contribution in [0.5, 0.6) is 0 Å². The summed E-state index contributed by atoms with van der Waals surface area (Å²) in [5, 5.41) is 10.5. The van der Waals surface area contributed by atoms with Crippen molar-refractivity contribution in [2.24, 2.45) is 0 Å². The zero-order valence-electron chi connectivity index (χ0n) is 15.0. The van der Waals surface area contributed by atoms with Gasteiger partial charge in [-0.15, -0.1) is 10.2 Å². The number of imidazole rings is 1. The molecule has 0 aromatic carbocycles. The zero-order chi connectivity index (χ0) is 18.8. The monoisotopic (exact) mass is 394 g/mol. The van der Waals surface area contributed by atoms with Crippen molar-refractivity contribution in [1.29, 1.82) is 0 Å². The van der Waals surface area contributed by atoms with E-state index in [2.05, 4.69) is 34.6 Å². The fourth-order valence-corrected chi connectivity index (χ4v) is 4.01. The first-order valence-corrected chi connectivity index (χ1v) is 9.87. The van der Waals surface area contributed by atoms with Crippen molar-refractivity contribution >= 4 is 17.7 Å². The summed E-state index contributed by atoms with van der Waals surface area (Å²) < 4.78 is 9.49. The standard InChI is InChI=1S/C18H18N8OS/c1-2-7-24(6-1)17-22-23-18(26(17)11-14-4-3-9-27-14)28-16-10-15(20-12-21-16)25-8-5-19-13-25/h3-5,8-10,12-13H,1-2,6-7,11H2. The van der Waals surface area contributed by atoms with Crippen LogP contribution in [-0.2, 0) is 6.54 Å². The summed E-state index contributed by atoms with van der Waals surface area (Å²) in [6.07, 6.45) is 10.9. The zero-order valence-corrected chi connectivity index (χ0v) is 15.9. The van der Waals surface area contributed by atoms with Gasteiger partial charge in [0.15, 0.2) is 5.16 Å². The van der Waals surface area contributed by atoms with Crippen molar-refractivity contribution in [2.75, 3.05) is 18.0 Å². The Labute approximate surface area is 165 Å². The molecule has 4 aromatic rings. The van der Waals surface area contributed by atoms with Crippen LogP contribution in [0.1, 0.15) is 18.6 Å². The van der Waals surface area contributed by atoms with Gasteiger partial charge in [-0.05, 0) is 36.7 Å². The van der Waals surface area contributed by atoms with Crippen LogP contribution < -0.4 is 4.90 Å². The minimum atomic E-state index is 0.577.